The van der Waals surface area contributed by atoms with E-state index in [0.29, 0.717) is 55.0 Å². The highest BCUT2D eigenvalue weighted by molar-refractivity contribution is 6.35. The first kappa shape index (κ1) is 20.3. The van der Waals surface area contributed by atoms with Gasteiger partial charge >= 0.3 is 0 Å². The van der Waals surface area contributed by atoms with E-state index in [4.69, 9.17) is 37.4 Å². The van der Waals surface area contributed by atoms with Gasteiger partial charge < -0.3 is 19.5 Å². The van der Waals surface area contributed by atoms with E-state index in [0.717, 1.165) is 6.42 Å². The summed E-state index contributed by atoms with van der Waals surface area (Å²) >= 11 is 11.9. The van der Waals surface area contributed by atoms with Gasteiger partial charge in [-0.25, -0.2) is 0 Å². The summed E-state index contributed by atoms with van der Waals surface area (Å²) in [5.74, 6) is 0.340. The highest BCUT2D eigenvalue weighted by atomic mass is 35.5. The van der Waals surface area contributed by atoms with E-state index < -0.39 is 5.79 Å². The van der Waals surface area contributed by atoms with Crippen molar-refractivity contribution in [3.05, 3.63) is 28.2 Å². The molecule has 140 valence electrons. The maximum atomic E-state index is 11.9. The normalized spacial score (nSPS) is 17.3. The topological polar surface area (TPSA) is 56.8 Å². The minimum atomic E-state index is -0.518. The number of benzene rings is 1. The van der Waals surface area contributed by atoms with Crippen LogP contribution in [0.5, 0.6) is 5.75 Å². The average molecular weight is 390 g/mol. The summed E-state index contributed by atoms with van der Waals surface area (Å²) in [6.45, 7) is 6.30. The Hall–Kier alpha value is -1.01. The first-order chi connectivity index (χ1) is 11.9. The number of carbonyl (C=O) groups excluding carboxylic acids is 1. The maximum absolute atomic E-state index is 11.9. The van der Waals surface area contributed by atoms with Crippen LogP contribution >= 0.6 is 23.2 Å². The predicted molar refractivity (Wildman–Crippen MR) is 98.3 cm³/mol. The third-order valence-electron chi connectivity index (χ3n) is 3.96. The molecule has 0 aromatic heterocycles. The van der Waals surface area contributed by atoms with Crippen LogP contribution in [-0.2, 0) is 14.3 Å². The van der Waals surface area contributed by atoms with Crippen LogP contribution < -0.4 is 10.1 Å². The first-order valence-electron chi connectivity index (χ1n) is 8.50. The summed E-state index contributed by atoms with van der Waals surface area (Å²) < 4.78 is 16.7. The van der Waals surface area contributed by atoms with Gasteiger partial charge in [0.15, 0.2) is 5.79 Å². The quantitative estimate of drug-likeness (QED) is 0.647. The molecule has 1 N–H and O–H groups in total. The monoisotopic (exact) mass is 389 g/mol. The summed E-state index contributed by atoms with van der Waals surface area (Å²) in [7, 11) is 0. The molecule has 0 spiro atoms. The molecule has 25 heavy (non-hydrogen) atoms. The van der Waals surface area contributed by atoms with Crippen LogP contribution in [-0.4, -0.2) is 38.1 Å². The van der Waals surface area contributed by atoms with Gasteiger partial charge in [0, 0.05) is 24.4 Å². The van der Waals surface area contributed by atoms with Gasteiger partial charge in [0.1, 0.15) is 5.75 Å². The van der Waals surface area contributed by atoms with E-state index in [2.05, 4.69) is 12.2 Å². The minimum absolute atomic E-state index is 0.0102. The number of rotatable bonds is 9. The van der Waals surface area contributed by atoms with Gasteiger partial charge in [-0.05, 0) is 37.5 Å². The molecule has 1 aliphatic rings. The zero-order valence-corrected chi connectivity index (χ0v) is 16.2. The molecule has 5 nitrogen and oxygen atoms in total. The molecule has 0 aliphatic carbocycles. The van der Waals surface area contributed by atoms with Crippen LogP contribution in [0.4, 0.5) is 0 Å². The lowest BCUT2D eigenvalue weighted by Crippen LogP contribution is -2.34. The molecule has 7 heteroatoms. The zero-order valence-electron chi connectivity index (χ0n) is 14.6. The van der Waals surface area contributed by atoms with Crippen molar-refractivity contribution in [3.8, 4) is 5.75 Å². The van der Waals surface area contributed by atoms with Crippen molar-refractivity contribution in [1.82, 2.24) is 5.32 Å². The van der Waals surface area contributed by atoms with E-state index in [1.54, 1.807) is 18.2 Å². The van der Waals surface area contributed by atoms with Crippen molar-refractivity contribution < 1.29 is 19.0 Å². The number of halogens is 2. The van der Waals surface area contributed by atoms with E-state index >= 15 is 0 Å². The zero-order chi connectivity index (χ0) is 18.3. The highest BCUT2D eigenvalue weighted by Gasteiger charge is 2.32. The summed E-state index contributed by atoms with van der Waals surface area (Å²) in [4.78, 5) is 11.9. The van der Waals surface area contributed by atoms with E-state index in [1.807, 2.05) is 6.92 Å². The largest absolute Gasteiger partial charge is 0.492 e. The second-order valence-corrected chi connectivity index (χ2v) is 7.31. The number of hydrogen-bond donors (Lipinski definition) is 1. The lowest BCUT2D eigenvalue weighted by Gasteiger charge is -2.26. The molecule has 1 aromatic rings. The lowest BCUT2D eigenvalue weighted by atomic mass is 10.0. The molecule has 1 aliphatic heterocycles. The summed E-state index contributed by atoms with van der Waals surface area (Å²) in [6.07, 6.45) is 1.77. The van der Waals surface area contributed by atoms with Crippen LogP contribution in [0.15, 0.2) is 18.2 Å². The number of hydrogen-bond acceptors (Lipinski definition) is 4. The molecule has 0 saturated carbocycles. The van der Waals surface area contributed by atoms with Crippen molar-refractivity contribution in [2.45, 2.75) is 38.9 Å². The van der Waals surface area contributed by atoms with Crippen molar-refractivity contribution >= 4 is 29.1 Å². The molecule has 0 bridgehead atoms. The van der Waals surface area contributed by atoms with Gasteiger partial charge in [0.25, 0.3) is 0 Å². The van der Waals surface area contributed by atoms with E-state index in [-0.39, 0.29) is 11.8 Å². The van der Waals surface area contributed by atoms with Gasteiger partial charge in [0.2, 0.25) is 5.91 Å². The van der Waals surface area contributed by atoms with Gasteiger partial charge in [0.05, 0.1) is 24.8 Å². The maximum Gasteiger partial charge on any atom is 0.220 e. The summed E-state index contributed by atoms with van der Waals surface area (Å²) in [5, 5.41) is 3.97. The number of ether oxygens (including phenoxy) is 3. The van der Waals surface area contributed by atoms with Crippen molar-refractivity contribution in [2.75, 3.05) is 26.4 Å². The number of nitrogens with one attached hydrogen (secondary N) is 1. The first-order valence-corrected chi connectivity index (χ1v) is 9.26. The van der Waals surface area contributed by atoms with Crippen molar-refractivity contribution in [1.29, 1.82) is 0 Å². The fourth-order valence-electron chi connectivity index (χ4n) is 2.76. The Balaban J connectivity index is 1.59. The Kier molecular flexibility index (Phi) is 7.81. The molecule has 1 amide bonds. The molecule has 0 radical (unpaired) electrons. The SMILES string of the molecule is CC(CNC(=O)CCCOc1ccc(Cl)cc1Cl)CC1(C)OCCO1. The van der Waals surface area contributed by atoms with Gasteiger partial charge in [-0.3, -0.25) is 4.79 Å². The fourth-order valence-corrected chi connectivity index (χ4v) is 3.23. The smallest absolute Gasteiger partial charge is 0.220 e. The Labute approximate surface area is 158 Å². The predicted octanol–water partition coefficient (Wildman–Crippen LogP) is 4.06. The van der Waals surface area contributed by atoms with Crippen LogP contribution in [0.3, 0.4) is 0 Å². The molecule has 1 aromatic carbocycles. The standard InChI is InChI=1S/C18H25Cl2NO4/c1-13(11-18(2)24-8-9-25-18)12-21-17(22)4-3-7-23-16-6-5-14(19)10-15(16)20/h5-6,10,13H,3-4,7-9,11-12H2,1-2H3,(H,21,22). The third-order valence-corrected chi connectivity index (χ3v) is 4.50. The average Bonchev–Trinajstić information content (AvgIpc) is 2.97. The van der Waals surface area contributed by atoms with E-state index in [9.17, 15) is 4.79 Å². The molecule has 1 atom stereocenters. The van der Waals surface area contributed by atoms with Crippen molar-refractivity contribution in [3.63, 3.8) is 0 Å². The van der Waals surface area contributed by atoms with Crippen LogP contribution in [0.25, 0.3) is 0 Å². The minimum Gasteiger partial charge on any atom is -0.492 e. The summed E-state index contributed by atoms with van der Waals surface area (Å²) in [6, 6.07) is 5.07. The number of carbonyl (C=O) groups is 1. The lowest BCUT2D eigenvalue weighted by molar-refractivity contribution is -0.154. The molecular formula is C18H25Cl2NO4. The fraction of sp³-hybridized carbons (Fsp3) is 0.611. The van der Waals surface area contributed by atoms with Gasteiger partial charge in [-0.2, -0.15) is 0 Å². The van der Waals surface area contributed by atoms with Gasteiger partial charge in [-0.1, -0.05) is 30.1 Å². The van der Waals surface area contributed by atoms with Crippen LogP contribution in [0.1, 0.15) is 33.1 Å². The van der Waals surface area contributed by atoms with Crippen LogP contribution in [0.2, 0.25) is 10.0 Å². The van der Waals surface area contributed by atoms with Gasteiger partial charge in [-0.15, -0.1) is 0 Å². The molecule has 1 heterocycles. The Morgan fingerprint density at radius 3 is 2.76 bits per heavy atom. The highest BCUT2D eigenvalue weighted by Crippen LogP contribution is 2.28. The molecule has 1 fully saturated rings. The Morgan fingerprint density at radius 1 is 1.36 bits per heavy atom. The third kappa shape index (κ3) is 7.02. The second kappa shape index (κ2) is 9.62. The Morgan fingerprint density at radius 2 is 2.08 bits per heavy atom. The molecule has 1 unspecified atom stereocenters. The Bertz CT molecular complexity index is 576. The van der Waals surface area contributed by atoms with E-state index in [1.165, 1.54) is 0 Å². The van der Waals surface area contributed by atoms with Crippen molar-refractivity contribution in [2.24, 2.45) is 5.92 Å². The molecule has 1 saturated heterocycles. The molecule has 2 rings (SSSR count). The van der Waals surface area contributed by atoms with Crippen LogP contribution in [0, 0.1) is 5.92 Å². The summed E-state index contributed by atoms with van der Waals surface area (Å²) in [5.41, 5.74) is 0. The second-order valence-electron chi connectivity index (χ2n) is 6.47. The number of amides is 1. The molecular weight excluding hydrogens is 365 g/mol.